The van der Waals surface area contributed by atoms with E-state index in [1.807, 2.05) is 60.7 Å². The van der Waals surface area contributed by atoms with Crippen LogP contribution in [0.15, 0.2) is 78.9 Å². The average Bonchev–Trinajstić information content (AvgIpc) is 3.07. The Bertz CT molecular complexity index is 1420. The summed E-state index contributed by atoms with van der Waals surface area (Å²) in [6.07, 6.45) is 0. The summed E-state index contributed by atoms with van der Waals surface area (Å²) in [7, 11) is 3.04. The van der Waals surface area contributed by atoms with E-state index in [4.69, 9.17) is 23.7 Å². The molecule has 1 N–H and O–H groups in total. The Labute approximate surface area is 214 Å². The van der Waals surface area contributed by atoms with Crippen molar-refractivity contribution in [1.29, 1.82) is 0 Å². The van der Waals surface area contributed by atoms with E-state index in [1.165, 1.54) is 13.2 Å². The summed E-state index contributed by atoms with van der Waals surface area (Å²) < 4.78 is 29.3. The number of benzene rings is 4. The van der Waals surface area contributed by atoms with Crippen molar-refractivity contribution in [3.63, 3.8) is 0 Å². The maximum atomic E-state index is 12.9. The number of phenolic OH excluding ortho intramolecular Hbond substituents is 1. The highest BCUT2D eigenvalue weighted by molar-refractivity contribution is 6.03. The Morgan fingerprint density at radius 1 is 0.784 bits per heavy atom. The second-order valence-electron chi connectivity index (χ2n) is 8.46. The molecule has 0 radical (unpaired) electrons. The van der Waals surface area contributed by atoms with Crippen LogP contribution in [0.5, 0.6) is 28.7 Å². The summed E-state index contributed by atoms with van der Waals surface area (Å²) >= 11 is 0. The number of carbonyl (C=O) groups is 1. The molecule has 0 saturated carbocycles. The van der Waals surface area contributed by atoms with Crippen LogP contribution in [-0.4, -0.2) is 25.3 Å². The van der Waals surface area contributed by atoms with Gasteiger partial charge in [0.15, 0.2) is 11.5 Å². The van der Waals surface area contributed by atoms with E-state index in [1.54, 1.807) is 19.2 Å². The molecule has 0 unspecified atom stereocenters. The molecule has 1 aliphatic heterocycles. The van der Waals surface area contributed by atoms with Gasteiger partial charge in [0.1, 0.15) is 36.9 Å². The standard InChI is InChI=1S/C30H26O7/c1-33-22-14-23-26-21(18-37-30(32)27(23)24(31)15-22)13-25(34-2)28(35-16-19-9-5-3-6-10-19)29(26)36-17-20-11-7-4-8-12-20/h3-15,31H,16-18H2,1-2H3. The maximum absolute atomic E-state index is 12.9. The molecular weight excluding hydrogens is 472 g/mol. The zero-order valence-electron chi connectivity index (χ0n) is 20.5. The summed E-state index contributed by atoms with van der Waals surface area (Å²) in [5.74, 6) is 0.678. The number of fused-ring (bicyclic) bond motifs is 3. The van der Waals surface area contributed by atoms with Crippen molar-refractivity contribution in [2.24, 2.45) is 0 Å². The van der Waals surface area contributed by atoms with Crippen LogP contribution in [0.2, 0.25) is 0 Å². The molecular formula is C30H26O7. The molecule has 0 aromatic heterocycles. The molecule has 1 aliphatic rings. The SMILES string of the molecule is COc1cc(O)c2c(c1)-c1c(cc(OC)c(OCc3ccccc3)c1OCc1ccccc1)COC2=O. The smallest absolute Gasteiger partial charge is 0.342 e. The molecule has 7 nitrogen and oxygen atoms in total. The summed E-state index contributed by atoms with van der Waals surface area (Å²) in [5.41, 5.74) is 3.57. The van der Waals surface area contributed by atoms with Crippen LogP contribution < -0.4 is 18.9 Å². The maximum Gasteiger partial charge on any atom is 0.342 e. The molecule has 0 fully saturated rings. The number of ether oxygens (including phenoxy) is 5. The van der Waals surface area contributed by atoms with Gasteiger partial charge in [-0.2, -0.15) is 0 Å². The number of carbonyl (C=O) groups excluding carboxylic acids is 1. The highest BCUT2D eigenvalue weighted by atomic mass is 16.5. The molecule has 7 heteroatoms. The average molecular weight is 499 g/mol. The van der Waals surface area contributed by atoms with Crippen LogP contribution in [-0.2, 0) is 24.6 Å². The molecule has 4 aromatic rings. The van der Waals surface area contributed by atoms with Gasteiger partial charge in [0.25, 0.3) is 0 Å². The number of phenols is 1. The van der Waals surface area contributed by atoms with E-state index in [2.05, 4.69) is 0 Å². The Hall–Kier alpha value is -4.65. The van der Waals surface area contributed by atoms with Crippen molar-refractivity contribution >= 4 is 5.97 Å². The molecule has 0 saturated heterocycles. The Morgan fingerprint density at radius 2 is 1.41 bits per heavy atom. The second kappa shape index (κ2) is 10.5. The fraction of sp³-hybridized carbons (Fsp3) is 0.167. The van der Waals surface area contributed by atoms with Crippen molar-refractivity contribution < 1.29 is 33.6 Å². The number of esters is 1. The summed E-state index contributed by atoms with van der Waals surface area (Å²) in [6.45, 7) is 0.465. The molecule has 5 rings (SSSR count). The third-order valence-electron chi connectivity index (χ3n) is 6.11. The van der Waals surface area contributed by atoms with Crippen molar-refractivity contribution in [2.75, 3.05) is 14.2 Å². The molecule has 0 bridgehead atoms. The van der Waals surface area contributed by atoms with E-state index in [0.29, 0.717) is 39.7 Å². The lowest BCUT2D eigenvalue weighted by Crippen LogP contribution is -2.06. The van der Waals surface area contributed by atoms with Gasteiger partial charge in [-0.3, -0.25) is 0 Å². The number of cyclic esters (lactones) is 1. The summed E-state index contributed by atoms with van der Waals surface area (Å²) in [4.78, 5) is 12.9. The van der Waals surface area contributed by atoms with Crippen LogP contribution in [0, 0.1) is 0 Å². The molecule has 1 heterocycles. The summed E-state index contributed by atoms with van der Waals surface area (Å²) in [6, 6.07) is 24.3. The molecule has 188 valence electrons. The normalized spacial score (nSPS) is 12.0. The minimum absolute atomic E-state index is 0.0308. The van der Waals surface area contributed by atoms with Gasteiger partial charge in [0, 0.05) is 22.8 Å². The van der Waals surface area contributed by atoms with Crippen molar-refractivity contribution in [3.05, 3.63) is 101 Å². The topological polar surface area (TPSA) is 83.5 Å². The third-order valence-corrected chi connectivity index (χ3v) is 6.11. The van der Waals surface area contributed by atoms with Crippen LogP contribution in [0.1, 0.15) is 27.0 Å². The largest absolute Gasteiger partial charge is 0.507 e. The summed E-state index contributed by atoms with van der Waals surface area (Å²) in [5, 5.41) is 10.7. The van der Waals surface area contributed by atoms with Crippen LogP contribution in [0.4, 0.5) is 0 Å². The Balaban J connectivity index is 1.71. The van der Waals surface area contributed by atoms with E-state index in [9.17, 15) is 9.90 Å². The first-order valence-electron chi connectivity index (χ1n) is 11.7. The molecule has 0 atom stereocenters. The minimum Gasteiger partial charge on any atom is -0.507 e. The minimum atomic E-state index is -0.647. The molecule has 0 spiro atoms. The number of methoxy groups -OCH3 is 2. The van der Waals surface area contributed by atoms with E-state index in [-0.39, 0.29) is 31.1 Å². The second-order valence-corrected chi connectivity index (χ2v) is 8.46. The molecule has 0 aliphatic carbocycles. The van der Waals surface area contributed by atoms with Gasteiger partial charge in [-0.05, 0) is 23.3 Å². The quantitative estimate of drug-likeness (QED) is 0.303. The van der Waals surface area contributed by atoms with E-state index in [0.717, 1.165) is 11.1 Å². The Morgan fingerprint density at radius 3 is 2.00 bits per heavy atom. The van der Waals surface area contributed by atoms with Gasteiger partial charge in [0.2, 0.25) is 5.75 Å². The fourth-order valence-corrected chi connectivity index (χ4v) is 4.31. The van der Waals surface area contributed by atoms with Crippen LogP contribution in [0.3, 0.4) is 0 Å². The number of hydrogen-bond acceptors (Lipinski definition) is 7. The van der Waals surface area contributed by atoms with Gasteiger partial charge in [-0.25, -0.2) is 4.79 Å². The Kier molecular flexibility index (Phi) is 6.85. The van der Waals surface area contributed by atoms with Crippen molar-refractivity contribution in [3.8, 4) is 39.9 Å². The zero-order chi connectivity index (χ0) is 25.8. The lowest BCUT2D eigenvalue weighted by atomic mass is 9.93. The van der Waals surface area contributed by atoms with Gasteiger partial charge in [-0.15, -0.1) is 0 Å². The predicted molar refractivity (Wildman–Crippen MR) is 137 cm³/mol. The highest BCUT2D eigenvalue weighted by Gasteiger charge is 2.32. The van der Waals surface area contributed by atoms with Gasteiger partial charge in [0.05, 0.1) is 14.2 Å². The predicted octanol–water partition coefficient (Wildman–Crippen LogP) is 5.90. The lowest BCUT2D eigenvalue weighted by Gasteiger charge is -2.22. The third kappa shape index (κ3) is 4.89. The first-order valence-corrected chi connectivity index (χ1v) is 11.7. The first-order chi connectivity index (χ1) is 18.1. The van der Waals surface area contributed by atoms with E-state index >= 15 is 0 Å². The van der Waals surface area contributed by atoms with Gasteiger partial charge in [-0.1, -0.05) is 60.7 Å². The molecule has 0 amide bonds. The number of hydrogen-bond donors (Lipinski definition) is 1. The lowest BCUT2D eigenvalue weighted by molar-refractivity contribution is 0.0475. The van der Waals surface area contributed by atoms with Crippen LogP contribution >= 0.6 is 0 Å². The number of rotatable bonds is 8. The van der Waals surface area contributed by atoms with E-state index < -0.39 is 5.97 Å². The van der Waals surface area contributed by atoms with Crippen LogP contribution in [0.25, 0.3) is 11.1 Å². The van der Waals surface area contributed by atoms with Crippen molar-refractivity contribution in [1.82, 2.24) is 0 Å². The van der Waals surface area contributed by atoms with Gasteiger partial charge >= 0.3 is 5.97 Å². The zero-order valence-corrected chi connectivity index (χ0v) is 20.5. The van der Waals surface area contributed by atoms with Crippen molar-refractivity contribution in [2.45, 2.75) is 19.8 Å². The van der Waals surface area contributed by atoms with Gasteiger partial charge < -0.3 is 28.8 Å². The number of aromatic hydroxyl groups is 1. The molecule has 4 aromatic carbocycles. The highest BCUT2D eigenvalue weighted by Crippen LogP contribution is 2.51. The fourth-order valence-electron chi connectivity index (χ4n) is 4.31. The monoisotopic (exact) mass is 498 g/mol. The molecule has 37 heavy (non-hydrogen) atoms. The first kappa shape index (κ1) is 24.1.